The summed E-state index contributed by atoms with van der Waals surface area (Å²) in [7, 11) is -3.97. The summed E-state index contributed by atoms with van der Waals surface area (Å²) in [6.07, 6.45) is 2.88. The molecule has 0 aliphatic carbocycles. The van der Waals surface area contributed by atoms with E-state index in [1.807, 2.05) is 0 Å². The van der Waals surface area contributed by atoms with Crippen LogP contribution in [0.25, 0.3) is 0 Å². The molecule has 21 heavy (non-hydrogen) atoms. The maximum Gasteiger partial charge on any atom is 0.339 e. The van der Waals surface area contributed by atoms with Crippen LogP contribution in [0.5, 0.6) is 5.75 Å². The van der Waals surface area contributed by atoms with Crippen LogP contribution in [0.4, 0.5) is 5.69 Å². The molecule has 0 fully saturated rings. The first-order chi connectivity index (χ1) is 9.81. The fourth-order valence-electron chi connectivity index (χ4n) is 1.63. The number of phenols is 1. The van der Waals surface area contributed by atoms with Gasteiger partial charge < -0.3 is 10.2 Å². The molecular weight excluding hydrogens is 296 g/mol. The van der Waals surface area contributed by atoms with E-state index in [4.69, 9.17) is 5.11 Å². The number of rotatable bonds is 4. The quantitative estimate of drug-likeness (QED) is 0.789. The molecule has 1 aromatic heterocycles. The van der Waals surface area contributed by atoms with Crippen molar-refractivity contribution in [3.05, 3.63) is 47.8 Å². The largest absolute Gasteiger partial charge is 0.507 e. The van der Waals surface area contributed by atoms with Crippen molar-refractivity contribution in [1.82, 2.24) is 4.98 Å². The average Bonchev–Trinajstić information content (AvgIpc) is 2.41. The van der Waals surface area contributed by atoms with Gasteiger partial charge in [0.25, 0.3) is 10.0 Å². The van der Waals surface area contributed by atoms with Crippen molar-refractivity contribution in [2.75, 3.05) is 4.72 Å². The summed E-state index contributed by atoms with van der Waals surface area (Å²) < 4.78 is 26.8. The van der Waals surface area contributed by atoms with Crippen molar-refractivity contribution in [1.29, 1.82) is 0 Å². The summed E-state index contributed by atoms with van der Waals surface area (Å²) in [5.74, 6) is -1.92. The number of aromatic nitrogens is 1. The van der Waals surface area contributed by atoms with Crippen LogP contribution in [-0.4, -0.2) is 29.6 Å². The van der Waals surface area contributed by atoms with Crippen molar-refractivity contribution in [2.24, 2.45) is 0 Å². The van der Waals surface area contributed by atoms with Crippen LogP contribution in [0, 0.1) is 6.92 Å². The first kappa shape index (κ1) is 14.8. The van der Waals surface area contributed by atoms with Crippen LogP contribution in [0.3, 0.4) is 0 Å². The van der Waals surface area contributed by atoms with Gasteiger partial charge in [0.2, 0.25) is 0 Å². The zero-order chi connectivity index (χ0) is 15.6. The summed E-state index contributed by atoms with van der Waals surface area (Å²) in [6.45, 7) is 1.71. The van der Waals surface area contributed by atoms with Gasteiger partial charge in [0.15, 0.2) is 0 Å². The molecule has 3 N–H and O–H groups in total. The van der Waals surface area contributed by atoms with Gasteiger partial charge in [-0.3, -0.25) is 9.71 Å². The van der Waals surface area contributed by atoms with Gasteiger partial charge in [-0.25, -0.2) is 13.2 Å². The second kappa shape index (κ2) is 5.41. The molecular formula is C13H12N2O5S. The van der Waals surface area contributed by atoms with Crippen LogP contribution < -0.4 is 4.72 Å². The molecule has 8 heteroatoms. The predicted molar refractivity (Wildman–Crippen MR) is 74.8 cm³/mol. The standard InChI is InChI=1S/C13H12N2O5S/c1-8-4-5-14-7-11(8)15-21(19,20)9-2-3-12(16)10(6-9)13(17)18/h2-7,15-16H,1H3,(H,17,18). The van der Waals surface area contributed by atoms with Crippen molar-refractivity contribution < 1.29 is 23.4 Å². The Bertz CT molecular complexity index is 802. The molecule has 0 unspecified atom stereocenters. The highest BCUT2D eigenvalue weighted by Gasteiger charge is 2.19. The number of carbonyl (C=O) groups is 1. The van der Waals surface area contributed by atoms with Crippen molar-refractivity contribution in [2.45, 2.75) is 11.8 Å². The fraction of sp³-hybridized carbons (Fsp3) is 0.0769. The van der Waals surface area contributed by atoms with Gasteiger partial charge in [-0.2, -0.15) is 0 Å². The number of aromatic hydroxyl groups is 1. The maximum absolute atomic E-state index is 12.2. The second-order valence-electron chi connectivity index (χ2n) is 4.28. The molecule has 110 valence electrons. The van der Waals surface area contributed by atoms with Crippen LogP contribution in [-0.2, 0) is 10.0 Å². The smallest absolute Gasteiger partial charge is 0.339 e. The van der Waals surface area contributed by atoms with Crippen LogP contribution >= 0.6 is 0 Å². The van der Waals surface area contributed by atoms with Gasteiger partial charge in [-0.1, -0.05) is 0 Å². The fourth-order valence-corrected chi connectivity index (χ4v) is 2.77. The number of benzene rings is 1. The van der Waals surface area contributed by atoms with Gasteiger partial charge in [-0.15, -0.1) is 0 Å². The van der Waals surface area contributed by atoms with Crippen molar-refractivity contribution in [3.8, 4) is 5.75 Å². The van der Waals surface area contributed by atoms with Gasteiger partial charge in [0.1, 0.15) is 11.3 Å². The average molecular weight is 308 g/mol. The molecule has 0 aliphatic heterocycles. The number of hydrogen-bond acceptors (Lipinski definition) is 5. The van der Waals surface area contributed by atoms with E-state index in [1.54, 1.807) is 13.0 Å². The molecule has 2 aromatic rings. The summed E-state index contributed by atoms with van der Waals surface area (Å²) in [4.78, 5) is 14.5. The molecule has 1 aromatic carbocycles. The lowest BCUT2D eigenvalue weighted by Gasteiger charge is -2.10. The van der Waals surface area contributed by atoms with Gasteiger partial charge in [0, 0.05) is 6.20 Å². The van der Waals surface area contributed by atoms with Gasteiger partial charge in [-0.05, 0) is 36.8 Å². The molecule has 0 atom stereocenters. The number of sulfonamides is 1. The van der Waals surface area contributed by atoms with Crippen LogP contribution in [0.2, 0.25) is 0 Å². The number of carboxylic acids is 1. The number of anilines is 1. The molecule has 1 heterocycles. The highest BCUT2D eigenvalue weighted by molar-refractivity contribution is 7.92. The molecule has 0 saturated heterocycles. The predicted octanol–water partition coefficient (Wildman–Crippen LogP) is 1.59. The van der Waals surface area contributed by atoms with E-state index in [0.717, 1.165) is 18.2 Å². The molecule has 0 saturated carbocycles. The lowest BCUT2D eigenvalue weighted by atomic mass is 10.2. The first-order valence-corrected chi connectivity index (χ1v) is 7.29. The Morgan fingerprint density at radius 2 is 2.00 bits per heavy atom. The Morgan fingerprint density at radius 3 is 2.62 bits per heavy atom. The first-order valence-electron chi connectivity index (χ1n) is 5.81. The Morgan fingerprint density at radius 1 is 1.29 bits per heavy atom. The zero-order valence-corrected chi connectivity index (χ0v) is 11.8. The summed E-state index contributed by atoms with van der Waals surface area (Å²) in [5, 5.41) is 18.3. The van der Waals surface area contributed by atoms with Gasteiger partial charge >= 0.3 is 5.97 Å². The monoisotopic (exact) mass is 308 g/mol. The zero-order valence-electron chi connectivity index (χ0n) is 10.9. The Kier molecular flexibility index (Phi) is 3.81. The molecule has 7 nitrogen and oxygen atoms in total. The van der Waals surface area contributed by atoms with Crippen LogP contribution in [0.1, 0.15) is 15.9 Å². The van der Waals surface area contributed by atoms with Crippen molar-refractivity contribution in [3.63, 3.8) is 0 Å². The van der Waals surface area contributed by atoms with E-state index in [2.05, 4.69) is 9.71 Å². The minimum absolute atomic E-state index is 0.263. The Hall–Kier alpha value is -2.61. The number of hydrogen-bond donors (Lipinski definition) is 3. The lowest BCUT2D eigenvalue weighted by molar-refractivity contribution is 0.0693. The summed E-state index contributed by atoms with van der Waals surface area (Å²) >= 11 is 0. The van der Waals surface area contributed by atoms with E-state index in [0.29, 0.717) is 11.3 Å². The number of pyridine rings is 1. The van der Waals surface area contributed by atoms with Gasteiger partial charge in [0.05, 0.1) is 16.8 Å². The van der Waals surface area contributed by atoms with Crippen molar-refractivity contribution >= 4 is 21.7 Å². The number of aromatic carboxylic acids is 1. The molecule has 0 amide bonds. The Labute approximate surface area is 120 Å². The topological polar surface area (TPSA) is 117 Å². The van der Waals surface area contributed by atoms with Crippen LogP contribution in [0.15, 0.2) is 41.6 Å². The Balaban J connectivity index is 2.43. The maximum atomic E-state index is 12.2. The minimum Gasteiger partial charge on any atom is -0.507 e. The SMILES string of the molecule is Cc1ccncc1NS(=O)(=O)c1ccc(O)c(C(=O)O)c1. The molecule has 0 radical (unpaired) electrons. The van der Waals surface area contributed by atoms with E-state index in [-0.39, 0.29) is 4.90 Å². The third kappa shape index (κ3) is 3.11. The lowest BCUT2D eigenvalue weighted by Crippen LogP contribution is -2.14. The highest BCUT2D eigenvalue weighted by atomic mass is 32.2. The third-order valence-corrected chi connectivity index (χ3v) is 4.16. The number of carboxylic acid groups (broad SMARTS) is 1. The number of nitrogens with zero attached hydrogens (tertiary/aromatic N) is 1. The van der Waals surface area contributed by atoms with E-state index in [9.17, 15) is 18.3 Å². The number of nitrogens with one attached hydrogen (secondary N) is 1. The summed E-state index contributed by atoms with van der Waals surface area (Å²) in [6, 6.07) is 4.67. The summed E-state index contributed by atoms with van der Waals surface area (Å²) in [5.41, 5.74) is 0.481. The third-order valence-electron chi connectivity index (χ3n) is 2.79. The second-order valence-corrected chi connectivity index (χ2v) is 5.96. The number of aryl methyl sites for hydroxylation is 1. The highest BCUT2D eigenvalue weighted by Crippen LogP contribution is 2.23. The molecule has 0 bridgehead atoms. The van der Waals surface area contributed by atoms with E-state index >= 15 is 0 Å². The normalized spacial score (nSPS) is 11.1. The van der Waals surface area contributed by atoms with E-state index < -0.39 is 27.3 Å². The molecule has 0 spiro atoms. The van der Waals surface area contributed by atoms with E-state index in [1.165, 1.54) is 12.4 Å². The molecule has 2 rings (SSSR count). The minimum atomic E-state index is -3.97. The molecule has 0 aliphatic rings.